The predicted octanol–water partition coefficient (Wildman–Crippen LogP) is 3.47. The van der Waals surface area contributed by atoms with Gasteiger partial charge in [0, 0.05) is 12.5 Å². The van der Waals surface area contributed by atoms with Gasteiger partial charge in [-0.3, -0.25) is 4.79 Å². The largest absolute Gasteiger partial charge is 0.354 e. The van der Waals surface area contributed by atoms with E-state index in [4.69, 9.17) is 0 Å². The van der Waals surface area contributed by atoms with Crippen LogP contribution in [0.5, 0.6) is 0 Å². The molecule has 0 aliphatic carbocycles. The molecule has 0 spiro atoms. The van der Waals surface area contributed by atoms with Crippen molar-refractivity contribution in [2.75, 3.05) is 0 Å². The number of carbonyl (C=O) groups excluding carboxylic acids is 1. The first-order chi connectivity index (χ1) is 7.20. The molecule has 0 bridgehead atoms. The van der Waals surface area contributed by atoms with Crippen LogP contribution >= 0.6 is 0 Å². The third kappa shape index (κ3) is 9.77. The average molecular weight is 212 g/mol. The Hall–Kier alpha value is -0.530. The fourth-order valence-corrected chi connectivity index (χ4v) is 1.67. The zero-order chi connectivity index (χ0) is 11.5. The second-order valence-electron chi connectivity index (χ2n) is 4.28. The minimum Gasteiger partial charge on any atom is -0.354 e. The molecule has 89 valence electrons. The second-order valence-corrected chi connectivity index (χ2v) is 4.28. The van der Waals surface area contributed by atoms with E-state index >= 15 is 0 Å². The van der Waals surface area contributed by atoms with Crippen LogP contribution in [0.1, 0.15) is 65.2 Å². The Labute approximate surface area is 94.8 Å². The van der Waals surface area contributed by atoms with Crippen LogP contribution < -0.4 is 5.32 Å². The van der Waals surface area contributed by atoms with Gasteiger partial charge in [-0.15, -0.1) is 0 Å². The van der Waals surface area contributed by atoms with Crippen LogP contribution in [-0.4, -0.2) is 11.9 Å². The lowest BCUT2D eigenvalue weighted by atomic mass is 10.1. The van der Waals surface area contributed by atoms with Gasteiger partial charge in [-0.1, -0.05) is 46.0 Å². The number of rotatable bonds is 9. The highest BCUT2D eigenvalue weighted by Crippen LogP contribution is 2.05. The minimum atomic E-state index is 0.213. The zero-order valence-corrected chi connectivity index (χ0v) is 10.3. The van der Waals surface area contributed by atoms with E-state index in [1.165, 1.54) is 12.8 Å². The summed E-state index contributed by atoms with van der Waals surface area (Å²) < 4.78 is 0. The van der Waals surface area contributed by atoms with E-state index in [0.717, 1.165) is 32.1 Å². The van der Waals surface area contributed by atoms with Gasteiger partial charge in [-0.2, -0.15) is 0 Å². The molecular weight excluding hydrogens is 186 g/mol. The summed E-state index contributed by atoms with van der Waals surface area (Å²) in [5.74, 6) is 0.213. The Bertz CT molecular complexity index is 157. The molecule has 0 heterocycles. The summed E-state index contributed by atoms with van der Waals surface area (Å²) in [7, 11) is 0. The van der Waals surface area contributed by atoms with Crippen molar-refractivity contribution in [2.24, 2.45) is 0 Å². The maximum atomic E-state index is 11.4. The standard InChI is InChI=1S/C13H26NO/c1-4-6-7-8-9-11-13(15)14-12(3)10-5-2/h12H,1,4-11H2,2-3H3,(H,14,15). The first-order valence-corrected chi connectivity index (χ1v) is 6.29. The van der Waals surface area contributed by atoms with Crippen molar-refractivity contribution >= 4 is 5.91 Å². The molecule has 0 rings (SSSR count). The maximum Gasteiger partial charge on any atom is 0.220 e. The third-order valence-corrected chi connectivity index (χ3v) is 2.53. The molecule has 0 aromatic carbocycles. The van der Waals surface area contributed by atoms with E-state index in [0.29, 0.717) is 12.5 Å². The van der Waals surface area contributed by atoms with Crippen molar-refractivity contribution in [1.82, 2.24) is 5.32 Å². The maximum absolute atomic E-state index is 11.4. The highest BCUT2D eigenvalue weighted by atomic mass is 16.1. The summed E-state index contributed by atoms with van der Waals surface area (Å²) >= 11 is 0. The van der Waals surface area contributed by atoms with Crippen molar-refractivity contribution < 1.29 is 4.79 Å². The minimum absolute atomic E-state index is 0.213. The normalized spacial score (nSPS) is 12.5. The molecule has 15 heavy (non-hydrogen) atoms. The fourth-order valence-electron chi connectivity index (χ4n) is 1.67. The van der Waals surface area contributed by atoms with Gasteiger partial charge in [0.15, 0.2) is 0 Å². The molecule has 0 aromatic rings. The van der Waals surface area contributed by atoms with Crippen molar-refractivity contribution in [3.8, 4) is 0 Å². The summed E-state index contributed by atoms with van der Waals surface area (Å²) in [6.45, 7) is 8.01. The molecule has 0 fully saturated rings. The van der Waals surface area contributed by atoms with Crippen LogP contribution in [0.2, 0.25) is 0 Å². The van der Waals surface area contributed by atoms with Crippen LogP contribution in [0, 0.1) is 6.92 Å². The fraction of sp³-hybridized carbons (Fsp3) is 0.846. The predicted molar refractivity (Wildman–Crippen MR) is 65.6 cm³/mol. The van der Waals surface area contributed by atoms with E-state index in [9.17, 15) is 4.79 Å². The van der Waals surface area contributed by atoms with E-state index in [1.807, 2.05) is 0 Å². The molecule has 1 radical (unpaired) electrons. The molecule has 1 N–H and O–H groups in total. The molecule has 1 atom stereocenters. The van der Waals surface area contributed by atoms with Crippen LogP contribution in [0.3, 0.4) is 0 Å². The Morgan fingerprint density at radius 2 is 1.93 bits per heavy atom. The van der Waals surface area contributed by atoms with Crippen LogP contribution in [-0.2, 0) is 4.79 Å². The summed E-state index contributed by atoms with van der Waals surface area (Å²) in [4.78, 5) is 11.4. The average Bonchev–Trinajstić information content (AvgIpc) is 2.17. The number of hydrogen-bond acceptors (Lipinski definition) is 1. The first kappa shape index (κ1) is 14.5. The number of hydrogen-bond donors (Lipinski definition) is 1. The van der Waals surface area contributed by atoms with Crippen LogP contribution in [0.4, 0.5) is 0 Å². The van der Waals surface area contributed by atoms with Gasteiger partial charge in [-0.25, -0.2) is 0 Å². The Kier molecular flexibility index (Phi) is 9.65. The van der Waals surface area contributed by atoms with Crippen molar-refractivity contribution in [2.45, 2.75) is 71.3 Å². The van der Waals surface area contributed by atoms with E-state index in [2.05, 4.69) is 26.1 Å². The van der Waals surface area contributed by atoms with Gasteiger partial charge in [0.25, 0.3) is 0 Å². The third-order valence-electron chi connectivity index (χ3n) is 2.53. The van der Waals surface area contributed by atoms with Crippen LogP contribution in [0.25, 0.3) is 0 Å². The highest BCUT2D eigenvalue weighted by molar-refractivity contribution is 5.76. The van der Waals surface area contributed by atoms with Crippen molar-refractivity contribution in [3.63, 3.8) is 0 Å². The van der Waals surface area contributed by atoms with E-state index in [1.54, 1.807) is 0 Å². The van der Waals surface area contributed by atoms with Gasteiger partial charge in [-0.05, 0) is 19.8 Å². The second kappa shape index (κ2) is 10.0. The molecule has 1 unspecified atom stereocenters. The molecular formula is C13H26NO. The lowest BCUT2D eigenvalue weighted by molar-refractivity contribution is -0.121. The van der Waals surface area contributed by atoms with Crippen molar-refractivity contribution in [3.05, 3.63) is 6.92 Å². The Morgan fingerprint density at radius 3 is 2.53 bits per heavy atom. The molecule has 2 nitrogen and oxygen atoms in total. The first-order valence-electron chi connectivity index (χ1n) is 6.29. The molecule has 1 amide bonds. The molecule has 0 aromatic heterocycles. The topological polar surface area (TPSA) is 29.1 Å². The van der Waals surface area contributed by atoms with E-state index < -0.39 is 0 Å². The van der Waals surface area contributed by atoms with Gasteiger partial charge in [0.1, 0.15) is 0 Å². The van der Waals surface area contributed by atoms with Gasteiger partial charge < -0.3 is 5.32 Å². The monoisotopic (exact) mass is 212 g/mol. The van der Waals surface area contributed by atoms with Gasteiger partial charge in [0.2, 0.25) is 5.91 Å². The summed E-state index contributed by atoms with van der Waals surface area (Å²) in [6, 6.07) is 0.336. The lowest BCUT2D eigenvalue weighted by Crippen LogP contribution is -2.32. The number of nitrogens with one attached hydrogen (secondary N) is 1. The molecule has 0 saturated carbocycles. The summed E-state index contributed by atoms with van der Waals surface area (Å²) in [5, 5.41) is 3.02. The SMILES string of the molecule is [CH2]CCCCCCC(=O)NC(C)CCC. The molecule has 0 aliphatic rings. The number of carbonyl (C=O) groups is 1. The zero-order valence-electron chi connectivity index (χ0n) is 10.3. The van der Waals surface area contributed by atoms with Crippen LogP contribution in [0.15, 0.2) is 0 Å². The molecule has 2 heteroatoms. The Balaban J connectivity index is 3.32. The lowest BCUT2D eigenvalue weighted by Gasteiger charge is -2.12. The smallest absolute Gasteiger partial charge is 0.220 e. The summed E-state index contributed by atoms with van der Waals surface area (Å²) in [6.07, 6.45) is 8.48. The summed E-state index contributed by atoms with van der Waals surface area (Å²) in [5.41, 5.74) is 0. The van der Waals surface area contributed by atoms with Gasteiger partial charge >= 0.3 is 0 Å². The molecule has 0 saturated heterocycles. The van der Waals surface area contributed by atoms with Crippen molar-refractivity contribution in [1.29, 1.82) is 0 Å². The van der Waals surface area contributed by atoms with E-state index in [-0.39, 0.29) is 5.91 Å². The highest BCUT2D eigenvalue weighted by Gasteiger charge is 2.05. The molecule has 0 aliphatic heterocycles. The number of unbranched alkanes of at least 4 members (excludes halogenated alkanes) is 4. The number of amides is 1. The Morgan fingerprint density at radius 1 is 1.27 bits per heavy atom. The quantitative estimate of drug-likeness (QED) is 0.583. The van der Waals surface area contributed by atoms with Gasteiger partial charge in [0.05, 0.1) is 0 Å².